The van der Waals surface area contributed by atoms with Crippen LogP contribution in [0.25, 0.3) is 0 Å². The van der Waals surface area contributed by atoms with E-state index in [0.29, 0.717) is 16.3 Å². The van der Waals surface area contributed by atoms with Crippen LogP contribution in [0, 0.1) is 13.8 Å². The smallest absolute Gasteiger partial charge is 0.325 e. The van der Waals surface area contributed by atoms with Gasteiger partial charge in [0.05, 0.1) is 0 Å². The van der Waals surface area contributed by atoms with E-state index in [-0.39, 0.29) is 6.54 Å². The quantitative estimate of drug-likeness (QED) is 0.792. The minimum Gasteiger partial charge on any atom is -0.325 e. The van der Waals surface area contributed by atoms with E-state index in [1.54, 1.807) is 31.2 Å². The molecule has 2 aromatic rings. The summed E-state index contributed by atoms with van der Waals surface area (Å²) in [5.74, 6) is -0.969. The molecule has 0 aromatic heterocycles. The number of rotatable bonds is 4. The summed E-state index contributed by atoms with van der Waals surface area (Å²) >= 11 is 6.20. The van der Waals surface area contributed by atoms with E-state index >= 15 is 0 Å². The van der Waals surface area contributed by atoms with Gasteiger partial charge in [0.2, 0.25) is 5.91 Å². The molecule has 7 heteroatoms. The van der Waals surface area contributed by atoms with Crippen LogP contribution >= 0.6 is 11.6 Å². The molecule has 6 nitrogen and oxygen atoms in total. The number of nitrogens with zero attached hydrogens (tertiary/aromatic N) is 1. The van der Waals surface area contributed by atoms with E-state index in [2.05, 4.69) is 10.6 Å². The summed E-state index contributed by atoms with van der Waals surface area (Å²) in [6, 6.07) is 11.8. The predicted molar refractivity (Wildman–Crippen MR) is 104 cm³/mol. The zero-order valence-corrected chi connectivity index (χ0v) is 16.1. The fourth-order valence-corrected chi connectivity index (χ4v) is 3.61. The summed E-state index contributed by atoms with van der Waals surface area (Å²) in [5, 5.41) is 5.75. The first-order valence-electron chi connectivity index (χ1n) is 8.48. The molecule has 0 aliphatic carbocycles. The summed E-state index contributed by atoms with van der Waals surface area (Å²) in [6.07, 6.45) is 0. The Morgan fingerprint density at radius 1 is 1.15 bits per heavy atom. The number of nitrogens with one attached hydrogen (secondary N) is 2. The molecule has 2 aromatic carbocycles. The van der Waals surface area contributed by atoms with Crippen LogP contribution in [0.4, 0.5) is 10.5 Å². The van der Waals surface area contributed by atoms with Crippen LogP contribution in [-0.4, -0.2) is 29.3 Å². The Balaban J connectivity index is 1.77. The second-order valence-corrected chi connectivity index (χ2v) is 7.26. The van der Waals surface area contributed by atoms with Gasteiger partial charge >= 0.3 is 6.03 Å². The van der Waals surface area contributed by atoms with Crippen molar-refractivity contribution < 1.29 is 14.4 Å². The van der Waals surface area contributed by atoms with Gasteiger partial charge in [-0.15, -0.1) is 0 Å². The number of halogens is 1. The molecule has 1 aliphatic rings. The Kier molecular flexibility index (Phi) is 4.93. The highest BCUT2D eigenvalue weighted by molar-refractivity contribution is 6.32. The van der Waals surface area contributed by atoms with Gasteiger partial charge in [0.25, 0.3) is 5.91 Å². The zero-order valence-electron chi connectivity index (χ0n) is 15.3. The molecule has 2 N–H and O–H groups in total. The maximum Gasteiger partial charge on any atom is 0.325 e. The first-order valence-corrected chi connectivity index (χ1v) is 8.86. The van der Waals surface area contributed by atoms with Crippen molar-refractivity contribution in [2.45, 2.75) is 26.3 Å². The van der Waals surface area contributed by atoms with Crippen LogP contribution < -0.4 is 10.6 Å². The number of benzene rings is 2. The Morgan fingerprint density at radius 2 is 1.78 bits per heavy atom. The topological polar surface area (TPSA) is 78.5 Å². The summed E-state index contributed by atoms with van der Waals surface area (Å²) in [7, 11) is 0. The minimum absolute atomic E-state index is 0.371. The summed E-state index contributed by atoms with van der Waals surface area (Å²) < 4.78 is 0. The summed E-state index contributed by atoms with van der Waals surface area (Å²) in [5.41, 5.74) is 1.81. The molecule has 0 unspecified atom stereocenters. The number of amides is 4. The maximum absolute atomic E-state index is 12.9. The summed E-state index contributed by atoms with van der Waals surface area (Å²) in [4.78, 5) is 38.5. The first-order chi connectivity index (χ1) is 12.7. The monoisotopic (exact) mass is 385 g/mol. The highest BCUT2D eigenvalue weighted by atomic mass is 35.5. The number of anilines is 1. The lowest BCUT2D eigenvalue weighted by atomic mass is 9.92. The van der Waals surface area contributed by atoms with Crippen LogP contribution in [0.15, 0.2) is 42.5 Å². The number of aryl methyl sites for hydroxylation is 2. The first kappa shape index (κ1) is 18.9. The second kappa shape index (κ2) is 7.04. The van der Waals surface area contributed by atoms with Gasteiger partial charge in [0.15, 0.2) is 0 Å². The van der Waals surface area contributed by atoms with Crippen molar-refractivity contribution in [1.82, 2.24) is 10.2 Å². The van der Waals surface area contributed by atoms with Gasteiger partial charge in [-0.2, -0.15) is 0 Å². The Morgan fingerprint density at radius 3 is 2.41 bits per heavy atom. The van der Waals surface area contributed by atoms with Crippen molar-refractivity contribution in [3.05, 3.63) is 64.2 Å². The van der Waals surface area contributed by atoms with E-state index in [4.69, 9.17) is 11.6 Å². The number of urea groups is 1. The molecule has 1 atom stereocenters. The van der Waals surface area contributed by atoms with E-state index in [9.17, 15) is 14.4 Å². The molecule has 1 fully saturated rings. The van der Waals surface area contributed by atoms with Crippen molar-refractivity contribution in [2.24, 2.45) is 0 Å². The third-order valence-electron chi connectivity index (χ3n) is 4.49. The highest BCUT2D eigenvalue weighted by Gasteiger charge is 2.50. The molecule has 140 valence electrons. The lowest BCUT2D eigenvalue weighted by Crippen LogP contribution is -2.42. The van der Waals surface area contributed by atoms with Crippen molar-refractivity contribution in [2.75, 3.05) is 11.9 Å². The largest absolute Gasteiger partial charge is 0.325 e. The molecule has 1 heterocycles. The summed E-state index contributed by atoms with van der Waals surface area (Å²) in [6.45, 7) is 5.05. The van der Waals surface area contributed by atoms with Crippen molar-refractivity contribution in [1.29, 1.82) is 0 Å². The van der Waals surface area contributed by atoms with Crippen LogP contribution in [0.2, 0.25) is 5.02 Å². The second-order valence-electron chi connectivity index (χ2n) is 6.85. The standard InChI is InChI=1S/C20H20ClN3O3/c1-12-8-13(2)10-14(9-12)22-17(25)11-24-18(26)20(3,23-19(24)27)15-6-4-5-7-16(15)21/h4-10H,11H2,1-3H3,(H,22,25)(H,23,27)/t20-/m0/s1. The number of hydrogen-bond donors (Lipinski definition) is 2. The molecule has 1 aliphatic heterocycles. The fourth-order valence-electron chi connectivity index (χ4n) is 3.28. The average Bonchev–Trinajstić information content (AvgIpc) is 2.78. The Labute approximate surface area is 162 Å². The maximum atomic E-state index is 12.9. The van der Waals surface area contributed by atoms with E-state index in [1.165, 1.54) is 0 Å². The van der Waals surface area contributed by atoms with Crippen LogP contribution in [0.1, 0.15) is 23.6 Å². The third-order valence-corrected chi connectivity index (χ3v) is 4.82. The van der Waals surface area contributed by atoms with Gasteiger partial charge in [-0.3, -0.25) is 14.5 Å². The lowest BCUT2D eigenvalue weighted by molar-refractivity contribution is -0.133. The van der Waals surface area contributed by atoms with Gasteiger partial charge in [0.1, 0.15) is 12.1 Å². The Bertz CT molecular complexity index is 924. The number of carbonyl (C=O) groups excluding carboxylic acids is 3. The van der Waals surface area contributed by atoms with Crippen LogP contribution in [0.3, 0.4) is 0 Å². The third kappa shape index (κ3) is 3.66. The normalized spacial score (nSPS) is 19.2. The molecule has 0 radical (unpaired) electrons. The molecular formula is C20H20ClN3O3. The SMILES string of the molecule is Cc1cc(C)cc(NC(=O)CN2C(=O)N[C@@](C)(c3ccccc3Cl)C2=O)c1. The van der Waals surface area contributed by atoms with Crippen LogP contribution in [0.5, 0.6) is 0 Å². The molecule has 0 saturated carbocycles. The zero-order chi connectivity index (χ0) is 19.8. The molecule has 3 rings (SSSR count). The van der Waals surface area contributed by atoms with Crippen molar-refractivity contribution in [3.63, 3.8) is 0 Å². The van der Waals surface area contributed by atoms with Gasteiger partial charge < -0.3 is 10.6 Å². The van der Waals surface area contributed by atoms with Gasteiger partial charge in [-0.25, -0.2) is 4.79 Å². The number of hydrogen-bond acceptors (Lipinski definition) is 3. The highest BCUT2D eigenvalue weighted by Crippen LogP contribution is 2.33. The predicted octanol–water partition coefficient (Wildman–Crippen LogP) is 3.36. The molecule has 1 saturated heterocycles. The van der Waals surface area contributed by atoms with Gasteiger partial charge in [-0.1, -0.05) is 35.9 Å². The van der Waals surface area contributed by atoms with Gasteiger partial charge in [-0.05, 0) is 50.1 Å². The molecule has 0 bridgehead atoms. The van der Waals surface area contributed by atoms with Gasteiger partial charge in [0, 0.05) is 16.3 Å². The van der Waals surface area contributed by atoms with Crippen LogP contribution in [-0.2, 0) is 15.1 Å². The van der Waals surface area contributed by atoms with E-state index in [0.717, 1.165) is 16.0 Å². The van der Waals surface area contributed by atoms with E-state index in [1.807, 2.05) is 32.0 Å². The minimum atomic E-state index is -1.31. The average molecular weight is 386 g/mol. The fraction of sp³-hybridized carbons (Fsp3) is 0.250. The molecule has 4 amide bonds. The molecule has 27 heavy (non-hydrogen) atoms. The molecule has 0 spiro atoms. The Hall–Kier alpha value is -2.86. The lowest BCUT2D eigenvalue weighted by Gasteiger charge is -2.23. The van der Waals surface area contributed by atoms with E-state index < -0.39 is 23.4 Å². The van der Waals surface area contributed by atoms with Crippen molar-refractivity contribution in [3.8, 4) is 0 Å². The van der Waals surface area contributed by atoms with Crippen molar-refractivity contribution >= 4 is 35.1 Å². The number of carbonyl (C=O) groups is 3. The molecular weight excluding hydrogens is 366 g/mol. The number of imide groups is 1.